The zero-order valence-electron chi connectivity index (χ0n) is 38.9. The van der Waals surface area contributed by atoms with Crippen LogP contribution in [-0.2, 0) is 34.9 Å². The van der Waals surface area contributed by atoms with Crippen LogP contribution >= 0.6 is 0 Å². The standard InChI is InChI=1S/C23H16O6.C13H18O3.2C6H6.2C3H6O/c1-13(24)27-15-8-10-19-21(12-15)28-20-11-14(26-2)7-9-18(20)23(19)17-6-4-3-5-16(17)22(25)29-23;1-9(14)16-10-6-7-12(15-5)11(8-10)13(2,3)4;2*1-2-4-6-5-3-1;2*1-3(2)4/h3-12H,1-2H3;6-8H,1-5H3;2*1-6H;2*1-2H3. The highest BCUT2D eigenvalue weighted by atomic mass is 16.6. The van der Waals surface area contributed by atoms with Crippen LogP contribution in [0, 0.1) is 0 Å². The molecule has 11 heteroatoms. The molecule has 2 heterocycles. The van der Waals surface area contributed by atoms with Gasteiger partial charge in [-0.15, -0.1) is 0 Å². The molecule has 8 rings (SSSR count). The largest absolute Gasteiger partial charge is 0.497 e. The molecule has 2 aliphatic heterocycles. The Hall–Kier alpha value is -7.53. The third-order valence-corrected chi connectivity index (χ3v) is 8.73. The first-order valence-electron chi connectivity index (χ1n) is 20.7. The molecule has 0 N–H and O–H groups in total. The molecule has 0 radical (unpaired) electrons. The van der Waals surface area contributed by atoms with Crippen LogP contribution in [-0.4, -0.2) is 43.7 Å². The number of esters is 3. The predicted octanol–water partition coefficient (Wildman–Crippen LogP) is 11.7. The van der Waals surface area contributed by atoms with E-state index in [1.807, 2.05) is 103 Å². The number of rotatable bonds is 4. The molecule has 2 aliphatic rings. The van der Waals surface area contributed by atoms with Crippen molar-refractivity contribution < 1.29 is 52.4 Å². The lowest BCUT2D eigenvalue weighted by Gasteiger charge is -2.36. The quantitative estimate of drug-likeness (QED) is 0.123. The SMILES string of the molecule is CC(C)=O.CC(C)=O.COc1ccc(OC(C)=O)cc1C(C)(C)C.COc1ccc2c(c1)Oc1cc(OC(C)=O)ccc1C21OC(=O)c2ccccc21.c1ccccc1.c1ccccc1. The van der Waals surface area contributed by atoms with Crippen molar-refractivity contribution in [1.82, 2.24) is 0 Å². The molecular weight excluding hydrogens is 825 g/mol. The first kappa shape index (κ1) is 51.8. The monoisotopic (exact) mass is 882 g/mol. The van der Waals surface area contributed by atoms with E-state index in [4.69, 9.17) is 28.4 Å². The second-order valence-corrected chi connectivity index (χ2v) is 15.7. The van der Waals surface area contributed by atoms with E-state index < -0.39 is 17.5 Å². The van der Waals surface area contributed by atoms with E-state index >= 15 is 0 Å². The molecule has 11 nitrogen and oxygen atoms in total. The maximum Gasteiger partial charge on any atom is 0.340 e. The Balaban J connectivity index is 0.000000259. The summed E-state index contributed by atoms with van der Waals surface area (Å²) in [6, 6.07) is 47.1. The fraction of sp³-hybridized carbons (Fsp3) is 0.241. The van der Waals surface area contributed by atoms with Crippen molar-refractivity contribution in [3.63, 3.8) is 0 Å². The first-order valence-corrected chi connectivity index (χ1v) is 20.7. The normalized spacial score (nSPS) is 13.1. The Kier molecular flexibility index (Phi) is 19.9. The summed E-state index contributed by atoms with van der Waals surface area (Å²) in [5, 5.41) is 0. The predicted molar refractivity (Wildman–Crippen MR) is 251 cm³/mol. The van der Waals surface area contributed by atoms with Crippen LogP contribution in [0.15, 0.2) is 152 Å². The molecule has 1 spiro atoms. The lowest BCUT2D eigenvalue weighted by atomic mass is 9.77. The van der Waals surface area contributed by atoms with Gasteiger partial charge in [0.1, 0.15) is 46.1 Å². The molecule has 65 heavy (non-hydrogen) atoms. The Bertz CT molecular complexity index is 2400. The number of Topliss-reactive ketones (excluding diaryl/α,β-unsaturated/α-hetero) is 2. The number of ketones is 2. The summed E-state index contributed by atoms with van der Waals surface area (Å²) in [6.45, 7) is 15.1. The molecule has 0 aliphatic carbocycles. The van der Waals surface area contributed by atoms with Gasteiger partial charge in [0.15, 0.2) is 5.60 Å². The van der Waals surface area contributed by atoms with Crippen molar-refractivity contribution in [3.05, 3.63) is 179 Å². The van der Waals surface area contributed by atoms with Gasteiger partial charge in [-0.05, 0) is 81.6 Å². The number of carbonyl (C=O) groups is 5. The molecule has 6 aromatic carbocycles. The van der Waals surface area contributed by atoms with Crippen LogP contribution in [0.5, 0.6) is 34.5 Å². The van der Waals surface area contributed by atoms with Crippen LogP contribution in [0.25, 0.3) is 0 Å². The molecule has 0 saturated carbocycles. The maximum absolute atomic E-state index is 12.7. The van der Waals surface area contributed by atoms with Crippen LogP contribution in [0.4, 0.5) is 0 Å². The number of carbonyl (C=O) groups excluding carboxylic acids is 5. The molecule has 0 aromatic heterocycles. The number of ether oxygens (including phenoxy) is 6. The highest BCUT2D eigenvalue weighted by Gasteiger charge is 2.53. The average molecular weight is 883 g/mol. The van der Waals surface area contributed by atoms with Gasteiger partial charge in [-0.2, -0.15) is 0 Å². The Labute approximate surface area is 382 Å². The molecule has 0 saturated heterocycles. The van der Waals surface area contributed by atoms with Gasteiger partial charge >= 0.3 is 17.9 Å². The third kappa shape index (κ3) is 15.6. The summed E-state index contributed by atoms with van der Waals surface area (Å²) in [7, 11) is 3.20. The lowest BCUT2D eigenvalue weighted by molar-refractivity contribution is -0.132. The van der Waals surface area contributed by atoms with Gasteiger partial charge in [0.2, 0.25) is 0 Å². The van der Waals surface area contributed by atoms with Gasteiger partial charge in [0.05, 0.1) is 19.8 Å². The fourth-order valence-electron chi connectivity index (χ4n) is 6.27. The van der Waals surface area contributed by atoms with Crippen LogP contribution in [0.3, 0.4) is 0 Å². The third-order valence-electron chi connectivity index (χ3n) is 8.73. The maximum atomic E-state index is 12.7. The van der Waals surface area contributed by atoms with Crippen LogP contribution < -0.4 is 23.7 Å². The summed E-state index contributed by atoms with van der Waals surface area (Å²) in [5.74, 6) is 2.43. The van der Waals surface area contributed by atoms with E-state index in [0.717, 1.165) is 16.9 Å². The molecular formula is C54H58O11. The molecule has 0 bridgehead atoms. The second kappa shape index (κ2) is 24.9. The van der Waals surface area contributed by atoms with Crippen molar-refractivity contribution >= 4 is 29.5 Å². The smallest absolute Gasteiger partial charge is 0.340 e. The molecule has 6 aromatic rings. The van der Waals surface area contributed by atoms with E-state index in [1.54, 1.807) is 62.8 Å². The minimum atomic E-state index is -1.16. The summed E-state index contributed by atoms with van der Waals surface area (Å²) in [6.07, 6.45) is 0. The van der Waals surface area contributed by atoms with Crippen molar-refractivity contribution in [2.24, 2.45) is 0 Å². The summed E-state index contributed by atoms with van der Waals surface area (Å²) >= 11 is 0. The molecule has 340 valence electrons. The van der Waals surface area contributed by atoms with Gasteiger partial charge in [-0.3, -0.25) is 9.59 Å². The van der Waals surface area contributed by atoms with E-state index in [0.29, 0.717) is 45.4 Å². The van der Waals surface area contributed by atoms with Crippen molar-refractivity contribution in [2.75, 3.05) is 14.2 Å². The Morgan fingerprint density at radius 3 is 1.31 bits per heavy atom. The fourth-order valence-corrected chi connectivity index (χ4v) is 6.27. The Morgan fingerprint density at radius 1 is 0.492 bits per heavy atom. The van der Waals surface area contributed by atoms with Gasteiger partial charge in [-0.1, -0.05) is 112 Å². The highest BCUT2D eigenvalue weighted by molar-refractivity contribution is 5.97. The zero-order chi connectivity index (χ0) is 48.2. The number of hydrogen-bond donors (Lipinski definition) is 0. The lowest BCUT2D eigenvalue weighted by Crippen LogP contribution is -2.33. The van der Waals surface area contributed by atoms with Crippen molar-refractivity contribution in [3.8, 4) is 34.5 Å². The van der Waals surface area contributed by atoms with E-state index in [2.05, 4.69) is 20.8 Å². The number of fused-ring (bicyclic) bond motifs is 6. The van der Waals surface area contributed by atoms with E-state index in [9.17, 15) is 24.0 Å². The van der Waals surface area contributed by atoms with E-state index in [-0.39, 0.29) is 23.0 Å². The van der Waals surface area contributed by atoms with E-state index in [1.165, 1.54) is 41.5 Å². The summed E-state index contributed by atoms with van der Waals surface area (Å²) < 4.78 is 33.0. The van der Waals surface area contributed by atoms with Crippen LogP contribution in [0.2, 0.25) is 0 Å². The van der Waals surface area contributed by atoms with Crippen molar-refractivity contribution in [1.29, 1.82) is 0 Å². The Morgan fingerprint density at radius 2 is 0.892 bits per heavy atom. The van der Waals surface area contributed by atoms with Gasteiger partial charge < -0.3 is 38.0 Å². The number of hydrogen-bond acceptors (Lipinski definition) is 11. The molecule has 1 atom stereocenters. The average Bonchev–Trinajstić information content (AvgIpc) is 3.56. The van der Waals surface area contributed by atoms with Gasteiger partial charge in [0.25, 0.3) is 0 Å². The van der Waals surface area contributed by atoms with Gasteiger partial charge in [-0.25, -0.2) is 4.79 Å². The first-order chi connectivity index (χ1) is 30.8. The minimum absolute atomic E-state index is 0.0541. The van der Waals surface area contributed by atoms with Gasteiger partial charge in [0, 0.05) is 48.2 Å². The molecule has 0 amide bonds. The summed E-state index contributed by atoms with van der Waals surface area (Å²) in [5.41, 5.74) is 2.41. The molecule has 1 unspecified atom stereocenters. The summed E-state index contributed by atoms with van der Waals surface area (Å²) in [4.78, 5) is 53.9. The van der Waals surface area contributed by atoms with Crippen molar-refractivity contribution in [2.45, 2.75) is 73.3 Å². The molecule has 0 fully saturated rings. The topological polar surface area (TPSA) is 141 Å². The number of methoxy groups -OCH3 is 2. The minimum Gasteiger partial charge on any atom is -0.497 e. The second-order valence-electron chi connectivity index (χ2n) is 15.7. The number of benzene rings is 6. The van der Waals surface area contributed by atoms with Crippen LogP contribution in [0.1, 0.15) is 94.9 Å². The zero-order valence-corrected chi connectivity index (χ0v) is 38.9. The highest BCUT2D eigenvalue weighted by Crippen LogP contribution is 2.57.